The molecule has 222 valence electrons. The molecule has 42 heavy (non-hydrogen) atoms. The molecule has 0 aliphatic carbocycles. The van der Waals surface area contributed by atoms with E-state index in [0.717, 1.165) is 29.8 Å². The topological polar surface area (TPSA) is 105 Å². The van der Waals surface area contributed by atoms with Gasteiger partial charge in [0.1, 0.15) is 11.8 Å². The van der Waals surface area contributed by atoms with Crippen LogP contribution in [0.2, 0.25) is 10.0 Å². The summed E-state index contributed by atoms with van der Waals surface area (Å²) in [6.07, 6.45) is 1.18. The summed E-state index contributed by atoms with van der Waals surface area (Å²) in [6, 6.07) is 16.4. The van der Waals surface area contributed by atoms with Crippen molar-refractivity contribution in [2.45, 2.75) is 23.9 Å². The van der Waals surface area contributed by atoms with Gasteiger partial charge in [-0.1, -0.05) is 59.6 Å². The highest BCUT2D eigenvalue weighted by molar-refractivity contribution is 7.90. The van der Waals surface area contributed by atoms with Gasteiger partial charge in [-0.2, -0.15) is 0 Å². The first-order valence-electron chi connectivity index (χ1n) is 13.5. The first kappa shape index (κ1) is 30.3. The van der Waals surface area contributed by atoms with E-state index >= 15 is 0 Å². The maximum Gasteiger partial charge on any atom is 0.265 e. The molecule has 2 aliphatic heterocycles. The number of anilines is 1. The van der Waals surface area contributed by atoms with E-state index < -0.39 is 15.9 Å². The molecule has 2 heterocycles. The van der Waals surface area contributed by atoms with Crippen LogP contribution in [0.25, 0.3) is 11.1 Å². The molecular formula is C30H31Cl2N3O6S. The second kappa shape index (κ2) is 12.6. The van der Waals surface area contributed by atoms with Gasteiger partial charge in [0.15, 0.2) is 16.4 Å². The minimum atomic E-state index is -3.28. The number of carbonyl (C=O) groups is 2. The summed E-state index contributed by atoms with van der Waals surface area (Å²) in [5.74, 6) is -0.311. The Balaban J connectivity index is 1.38. The Kier molecular flexibility index (Phi) is 9.10. The summed E-state index contributed by atoms with van der Waals surface area (Å²) in [5, 5.41) is 3.70. The number of hydrogen-bond donors (Lipinski definition) is 1. The molecule has 3 aromatic carbocycles. The highest BCUT2D eigenvalue weighted by atomic mass is 35.5. The summed E-state index contributed by atoms with van der Waals surface area (Å²) in [6.45, 7) is 4.71. The number of ether oxygens (including phenoxy) is 2. The number of morpholine rings is 1. The lowest BCUT2D eigenvalue weighted by Gasteiger charge is -2.35. The van der Waals surface area contributed by atoms with Gasteiger partial charge in [0.2, 0.25) is 5.91 Å². The number of nitrogens with one attached hydrogen (secondary N) is 1. The van der Waals surface area contributed by atoms with Gasteiger partial charge >= 0.3 is 0 Å². The molecular weight excluding hydrogens is 601 g/mol. The zero-order valence-electron chi connectivity index (χ0n) is 23.2. The van der Waals surface area contributed by atoms with Crippen molar-refractivity contribution >= 4 is 50.5 Å². The van der Waals surface area contributed by atoms with Crippen molar-refractivity contribution in [1.29, 1.82) is 0 Å². The molecule has 2 unspecified atom stereocenters. The minimum Gasteiger partial charge on any atom is -0.482 e. The number of hydrogen-bond acceptors (Lipinski definition) is 7. The predicted molar refractivity (Wildman–Crippen MR) is 162 cm³/mol. The van der Waals surface area contributed by atoms with Crippen molar-refractivity contribution < 1.29 is 27.5 Å². The summed E-state index contributed by atoms with van der Waals surface area (Å²) in [4.78, 5) is 30.5. The second-order valence-corrected chi connectivity index (χ2v) is 13.2. The molecule has 0 aromatic heterocycles. The molecule has 1 saturated heterocycles. The smallest absolute Gasteiger partial charge is 0.265 e. The molecule has 0 radical (unpaired) electrons. The third kappa shape index (κ3) is 6.74. The van der Waals surface area contributed by atoms with Crippen molar-refractivity contribution in [2.24, 2.45) is 0 Å². The Morgan fingerprint density at radius 3 is 2.19 bits per heavy atom. The van der Waals surface area contributed by atoms with Gasteiger partial charge < -0.3 is 14.8 Å². The summed E-state index contributed by atoms with van der Waals surface area (Å²) < 4.78 is 34.7. The van der Waals surface area contributed by atoms with Crippen LogP contribution in [0.5, 0.6) is 5.75 Å². The van der Waals surface area contributed by atoms with Gasteiger partial charge in [-0.15, -0.1) is 0 Å². The molecule has 0 bridgehead atoms. The molecule has 2 amide bonds. The standard InChI is InChI=1S/C30H31Cl2N3O6S/c1-19(35-27-15-24(31)25(32)16-28(27)41-18-29(35)36)30(37)33-26(17-34-11-13-40-14-12-34)22-5-3-20(4-6-22)21-7-9-23(10-8-21)42(2,38)39/h3-10,15-16,19,26H,11-14,17-18H2,1-2H3,(H,33,37). The van der Waals surface area contributed by atoms with E-state index in [4.69, 9.17) is 32.7 Å². The van der Waals surface area contributed by atoms with Crippen LogP contribution in [0, 0.1) is 0 Å². The fourth-order valence-corrected chi connectivity index (χ4v) is 6.02. The van der Waals surface area contributed by atoms with Gasteiger partial charge in [0.05, 0.1) is 39.9 Å². The molecule has 1 fully saturated rings. The Morgan fingerprint density at radius 2 is 1.57 bits per heavy atom. The van der Waals surface area contributed by atoms with Crippen LogP contribution in [0.3, 0.4) is 0 Å². The zero-order chi connectivity index (χ0) is 30.0. The van der Waals surface area contributed by atoms with Crippen molar-refractivity contribution in [3.63, 3.8) is 0 Å². The maximum atomic E-state index is 13.7. The molecule has 0 spiro atoms. The van der Waals surface area contributed by atoms with E-state index in [2.05, 4.69) is 10.2 Å². The van der Waals surface area contributed by atoms with Crippen molar-refractivity contribution in [3.05, 3.63) is 76.3 Å². The Labute approximate surface area is 255 Å². The lowest BCUT2D eigenvalue weighted by Crippen LogP contribution is -2.53. The maximum absolute atomic E-state index is 13.7. The van der Waals surface area contributed by atoms with E-state index in [-0.39, 0.29) is 34.4 Å². The van der Waals surface area contributed by atoms with E-state index in [9.17, 15) is 18.0 Å². The number of benzene rings is 3. The van der Waals surface area contributed by atoms with Crippen molar-refractivity contribution in [3.8, 4) is 16.9 Å². The van der Waals surface area contributed by atoms with Crippen molar-refractivity contribution in [2.75, 3.05) is 50.6 Å². The van der Waals surface area contributed by atoms with E-state index in [0.29, 0.717) is 36.2 Å². The monoisotopic (exact) mass is 631 g/mol. The SMILES string of the molecule is CC(C(=O)NC(CN1CCOCC1)c1ccc(-c2ccc(S(C)(=O)=O)cc2)cc1)N1C(=O)COc2cc(Cl)c(Cl)cc21. The molecule has 12 heteroatoms. The van der Waals surface area contributed by atoms with Crippen LogP contribution in [-0.2, 0) is 24.2 Å². The highest BCUT2D eigenvalue weighted by Gasteiger charge is 2.35. The Morgan fingerprint density at radius 1 is 0.976 bits per heavy atom. The van der Waals surface area contributed by atoms with E-state index in [1.165, 1.54) is 17.2 Å². The summed E-state index contributed by atoms with van der Waals surface area (Å²) in [5.41, 5.74) is 3.07. The number of amides is 2. The molecule has 2 aliphatic rings. The summed E-state index contributed by atoms with van der Waals surface area (Å²) >= 11 is 12.4. The molecule has 2 atom stereocenters. The van der Waals surface area contributed by atoms with Gasteiger partial charge in [0, 0.05) is 32.0 Å². The van der Waals surface area contributed by atoms with Crippen LogP contribution in [-0.4, -0.2) is 76.9 Å². The number of carbonyl (C=O) groups excluding carboxylic acids is 2. The van der Waals surface area contributed by atoms with Gasteiger partial charge in [-0.3, -0.25) is 19.4 Å². The highest BCUT2D eigenvalue weighted by Crippen LogP contribution is 2.39. The second-order valence-electron chi connectivity index (χ2n) is 10.4. The third-order valence-electron chi connectivity index (χ3n) is 7.44. The molecule has 5 rings (SSSR count). The lowest BCUT2D eigenvalue weighted by atomic mass is 10.00. The molecule has 9 nitrogen and oxygen atoms in total. The molecule has 0 saturated carbocycles. The first-order valence-corrected chi connectivity index (χ1v) is 16.1. The molecule has 1 N–H and O–H groups in total. The van der Waals surface area contributed by atoms with E-state index in [1.807, 2.05) is 24.3 Å². The normalized spacial score (nSPS) is 17.2. The Hall–Kier alpha value is -3.15. The van der Waals surface area contributed by atoms with Gasteiger partial charge in [-0.05, 0) is 41.8 Å². The largest absolute Gasteiger partial charge is 0.482 e. The van der Waals surface area contributed by atoms with Crippen molar-refractivity contribution in [1.82, 2.24) is 10.2 Å². The summed E-state index contributed by atoms with van der Waals surface area (Å²) in [7, 11) is -3.28. The van der Waals surface area contributed by atoms with Gasteiger partial charge in [0.25, 0.3) is 5.91 Å². The fourth-order valence-electron chi connectivity index (χ4n) is 5.08. The first-order chi connectivity index (χ1) is 20.0. The fraction of sp³-hybridized carbons (Fsp3) is 0.333. The minimum absolute atomic E-state index is 0.216. The number of rotatable bonds is 8. The number of nitrogens with zero attached hydrogens (tertiary/aromatic N) is 2. The van der Waals surface area contributed by atoms with Crippen LogP contribution in [0.4, 0.5) is 5.69 Å². The average Bonchev–Trinajstić information content (AvgIpc) is 2.97. The Bertz CT molecular complexity index is 1580. The number of fused-ring (bicyclic) bond motifs is 1. The lowest BCUT2D eigenvalue weighted by molar-refractivity contribution is -0.128. The van der Waals surface area contributed by atoms with Crippen LogP contribution in [0.15, 0.2) is 65.6 Å². The zero-order valence-corrected chi connectivity index (χ0v) is 25.5. The van der Waals surface area contributed by atoms with Crippen LogP contribution >= 0.6 is 23.2 Å². The van der Waals surface area contributed by atoms with Gasteiger partial charge in [-0.25, -0.2) is 8.42 Å². The quantitative estimate of drug-likeness (QED) is 0.394. The molecule has 3 aromatic rings. The number of sulfone groups is 1. The average molecular weight is 633 g/mol. The predicted octanol–water partition coefficient (Wildman–Crippen LogP) is 4.37. The van der Waals surface area contributed by atoms with Crippen LogP contribution < -0.4 is 15.0 Å². The van der Waals surface area contributed by atoms with Crippen LogP contribution in [0.1, 0.15) is 18.5 Å². The third-order valence-corrected chi connectivity index (χ3v) is 9.29. The van der Waals surface area contributed by atoms with E-state index in [1.54, 1.807) is 37.3 Å². The number of halogens is 2.